The Morgan fingerprint density at radius 2 is 2.16 bits per heavy atom. The molecule has 0 aliphatic carbocycles. The van der Waals surface area contributed by atoms with Gasteiger partial charge in [-0.05, 0) is 29.8 Å². The highest BCUT2D eigenvalue weighted by Crippen LogP contribution is 2.24. The number of nitrogen functional groups attached to an aromatic ring is 1. The molecule has 1 atom stereocenters. The minimum absolute atomic E-state index is 0.155. The number of halogens is 1. The van der Waals surface area contributed by atoms with Gasteiger partial charge in [-0.3, -0.25) is 9.19 Å². The molecule has 1 unspecified atom stereocenters. The van der Waals surface area contributed by atoms with Gasteiger partial charge in [0.1, 0.15) is 11.6 Å². The number of hydrogen-bond acceptors (Lipinski definition) is 4. The van der Waals surface area contributed by atoms with Crippen LogP contribution in [0.25, 0.3) is 0 Å². The van der Waals surface area contributed by atoms with Gasteiger partial charge in [0, 0.05) is 11.9 Å². The molecule has 2 N–H and O–H groups in total. The van der Waals surface area contributed by atoms with E-state index in [1.54, 1.807) is 18.2 Å². The molecule has 0 aliphatic rings. The van der Waals surface area contributed by atoms with Crippen molar-refractivity contribution >= 4 is 16.5 Å². The molecule has 0 saturated heterocycles. The average molecular weight is 280 g/mol. The third-order valence-corrected chi connectivity index (χ3v) is 3.96. The lowest BCUT2D eigenvalue weighted by Gasteiger charge is -2.08. The van der Waals surface area contributed by atoms with Crippen molar-refractivity contribution in [3.63, 3.8) is 0 Å². The molecule has 1 aromatic heterocycles. The highest BCUT2D eigenvalue weighted by molar-refractivity contribution is 7.84. The van der Waals surface area contributed by atoms with E-state index < -0.39 is 16.6 Å². The second-order valence-corrected chi connectivity index (χ2v) is 5.32. The van der Waals surface area contributed by atoms with E-state index in [9.17, 15) is 8.60 Å². The minimum Gasteiger partial charge on any atom is -0.497 e. The molecule has 0 bridgehead atoms. The van der Waals surface area contributed by atoms with Gasteiger partial charge in [0.15, 0.2) is 0 Å². The third kappa shape index (κ3) is 3.29. The number of pyridine rings is 1. The molecular weight excluding hydrogens is 267 g/mol. The second kappa shape index (κ2) is 5.79. The fourth-order valence-electron chi connectivity index (χ4n) is 1.60. The molecule has 6 heteroatoms. The zero-order chi connectivity index (χ0) is 13.8. The van der Waals surface area contributed by atoms with E-state index in [-0.39, 0.29) is 5.75 Å². The molecule has 2 aromatic rings. The monoisotopic (exact) mass is 280 g/mol. The molecule has 0 saturated carbocycles. The maximum atomic E-state index is 13.0. The molecule has 0 aliphatic heterocycles. The Labute approximate surface area is 112 Å². The lowest BCUT2D eigenvalue weighted by molar-refractivity contribution is 0.413. The predicted molar refractivity (Wildman–Crippen MR) is 71.7 cm³/mol. The molecule has 1 heterocycles. The molecular formula is C13H13FN2O2S. The number of hydrogen-bond donors (Lipinski definition) is 1. The molecule has 4 nitrogen and oxygen atoms in total. The van der Waals surface area contributed by atoms with E-state index in [2.05, 4.69) is 4.98 Å². The highest BCUT2D eigenvalue weighted by atomic mass is 32.2. The standard InChI is InChI=1S/C13H13FN2O2S/c1-18-11-2-3-12(15)13(5-11)19(17)8-9-4-10(14)7-16-6-9/h2-7H,8,15H2,1H3. The van der Waals surface area contributed by atoms with Crippen LogP contribution in [0.4, 0.5) is 10.1 Å². The normalized spacial score (nSPS) is 12.1. The minimum atomic E-state index is -1.38. The van der Waals surface area contributed by atoms with Crippen LogP contribution in [-0.4, -0.2) is 16.3 Å². The Morgan fingerprint density at radius 1 is 1.37 bits per heavy atom. The molecule has 2 rings (SSSR count). The quantitative estimate of drug-likeness (QED) is 0.871. The van der Waals surface area contributed by atoms with E-state index in [1.165, 1.54) is 19.4 Å². The summed E-state index contributed by atoms with van der Waals surface area (Å²) >= 11 is 0. The Balaban J connectivity index is 2.25. The van der Waals surface area contributed by atoms with Crippen molar-refractivity contribution < 1.29 is 13.3 Å². The van der Waals surface area contributed by atoms with Crippen LogP contribution in [-0.2, 0) is 16.6 Å². The Kier molecular flexibility index (Phi) is 4.11. The topological polar surface area (TPSA) is 65.2 Å². The van der Waals surface area contributed by atoms with E-state index in [4.69, 9.17) is 10.5 Å². The summed E-state index contributed by atoms with van der Waals surface area (Å²) in [6, 6.07) is 6.26. The largest absolute Gasteiger partial charge is 0.497 e. The van der Waals surface area contributed by atoms with Crippen LogP contribution in [0.1, 0.15) is 5.56 Å². The van der Waals surface area contributed by atoms with Crippen molar-refractivity contribution in [1.29, 1.82) is 0 Å². The Morgan fingerprint density at radius 3 is 2.84 bits per heavy atom. The Hall–Kier alpha value is -1.95. The summed E-state index contributed by atoms with van der Waals surface area (Å²) in [7, 11) is 0.145. The van der Waals surface area contributed by atoms with Crippen LogP contribution in [0, 0.1) is 5.82 Å². The summed E-state index contributed by atoms with van der Waals surface area (Å²) in [4.78, 5) is 4.20. The first kappa shape index (κ1) is 13.5. The van der Waals surface area contributed by atoms with Crippen molar-refractivity contribution in [2.75, 3.05) is 12.8 Å². The summed E-state index contributed by atoms with van der Waals surface area (Å²) in [6.45, 7) is 0. The fraction of sp³-hybridized carbons (Fsp3) is 0.154. The first-order valence-electron chi connectivity index (χ1n) is 5.51. The van der Waals surface area contributed by atoms with E-state index in [1.807, 2.05) is 0 Å². The van der Waals surface area contributed by atoms with E-state index in [0.29, 0.717) is 21.9 Å². The Bertz CT molecular complexity index is 619. The molecule has 1 aromatic carbocycles. The number of aromatic nitrogens is 1. The maximum absolute atomic E-state index is 13.0. The van der Waals surface area contributed by atoms with Crippen LogP contribution in [0.5, 0.6) is 5.75 Å². The lowest BCUT2D eigenvalue weighted by Crippen LogP contribution is -2.02. The maximum Gasteiger partial charge on any atom is 0.141 e. The molecule has 0 fully saturated rings. The number of methoxy groups -OCH3 is 1. The van der Waals surface area contributed by atoms with Crippen molar-refractivity contribution in [3.8, 4) is 5.75 Å². The summed E-state index contributed by atoms with van der Waals surface area (Å²) in [6.07, 6.45) is 2.59. The first-order valence-corrected chi connectivity index (χ1v) is 6.83. The number of rotatable bonds is 4. The summed E-state index contributed by atoms with van der Waals surface area (Å²) in [5.74, 6) is 0.283. The van der Waals surface area contributed by atoms with Gasteiger partial charge in [0.05, 0.1) is 34.8 Å². The number of nitrogens with two attached hydrogens (primary N) is 1. The van der Waals surface area contributed by atoms with Gasteiger partial charge in [-0.2, -0.15) is 0 Å². The van der Waals surface area contributed by atoms with Gasteiger partial charge >= 0.3 is 0 Å². The van der Waals surface area contributed by atoms with Gasteiger partial charge in [0.2, 0.25) is 0 Å². The van der Waals surface area contributed by atoms with Gasteiger partial charge in [-0.1, -0.05) is 0 Å². The van der Waals surface area contributed by atoms with Crippen LogP contribution < -0.4 is 10.5 Å². The highest BCUT2D eigenvalue weighted by Gasteiger charge is 2.11. The molecule has 100 valence electrons. The second-order valence-electron chi connectivity index (χ2n) is 3.91. The molecule has 0 amide bonds. The van der Waals surface area contributed by atoms with Gasteiger partial charge in [-0.25, -0.2) is 4.39 Å². The zero-order valence-electron chi connectivity index (χ0n) is 10.3. The predicted octanol–water partition coefficient (Wildman–Crippen LogP) is 2.12. The van der Waals surface area contributed by atoms with Crippen molar-refractivity contribution in [3.05, 3.63) is 48.0 Å². The summed E-state index contributed by atoms with van der Waals surface area (Å²) < 4.78 is 30.3. The van der Waals surface area contributed by atoms with Crippen LogP contribution in [0.3, 0.4) is 0 Å². The van der Waals surface area contributed by atoms with Crippen LogP contribution >= 0.6 is 0 Å². The third-order valence-electron chi connectivity index (χ3n) is 2.53. The van der Waals surface area contributed by atoms with Crippen molar-refractivity contribution in [2.24, 2.45) is 0 Å². The van der Waals surface area contributed by atoms with Crippen molar-refractivity contribution in [1.82, 2.24) is 4.98 Å². The van der Waals surface area contributed by atoms with Gasteiger partial charge < -0.3 is 10.5 Å². The van der Waals surface area contributed by atoms with Crippen molar-refractivity contribution in [2.45, 2.75) is 10.6 Å². The first-order chi connectivity index (χ1) is 9.10. The zero-order valence-corrected chi connectivity index (χ0v) is 11.1. The summed E-state index contributed by atoms with van der Waals surface area (Å²) in [5.41, 5.74) is 6.77. The SMILES string of the molecule is COc1ccc(N)c(S(=O)Cc2cncc(F)c2)c1. The lowest BCUT2D eigenvalue weighted by atomic mass is 10.3. The average Bonchev–Trinajstić information content (AvgIpc) is 2.39. The van der Waals surface area contributed by atoms with Gasteiger partial charge in [-0.15, -0.1) is 0 Å². The number of nitrogens with zero attached hydrogens (tertiary/aromatic N) is 1. The molecule has 19 heavy (non-hydrogen) atoms. The molecule has 0 spiro atoms. The van der Waals surface area contributed by atoms with E-state index >= 15 is 0 Å². The number of anilines is 1. The fourth-order valence-corrected chi connectivity index (χ4v) is 2.80. The molecule has 0 radical (unpaired) electrons. The smallest absolute Gasteiger partial charge is 0.141 e. The number of ether oxygens (including phenoxy) is 1. The summed E-state index contributed by atoms with van der Waals surface area (Å²) in [5, 5.41) is 0. The van der Waals surface area contributed by atoms with Gasteiger partial charge in [0.25, 0.3) is 0 Å². The van der Waals surface area contributed by atoms with Crippen LogP contribution in [0.2, 0.25) is 0 Å². The van der Waals surface area contributed by atoms with Crippen LogP contribution in [0.15, 0.2) is 41.6 Å². The number of benzene rings is 1. The van der Waals surface area contributed by atoms with E-state index in [0.717, 1.165) is 6.20 Å².